The van der Waals surface area contributed by atoms with Crippen LogP contribution in [0.25, 0.3) is 10.8 Å². The normalized spacial score (nSPS) is 18.3. The molecule has 6 heteroatoms. The summed E-state index contributed by atoms with van der Waals surface area (Å²) in [7, 11) is 0. The number of amides is 3. The number of esters is 1. The summed E-state index contributed by atoms with van der Waals surface area (Å²) < 4.78 is 5.38. The van der Waals surface area contributed by atoms with E-state index in [1.54, 1.807) is 6.92 Å². The van der Waals surface area contributed by atoms with Crippen LogP contribution in [-0.4, -0.2) is 34.9 Å². The predicted octanol–water partition coefficient (Wildman–Crippen LogP) is 3.83. The molecule has 0 spiro atoms. The summed E-state index contributed by atoms with van der Waals surface area (Å²) in [5.41, 5.74) is 0.915. The first-order valence-electron chi connectivity index (χ1n) is 10.3. The third-order valence-corrected chi connectivity index (χ3v) is 5.66. The Balaban J connectivity index is 1.36. The SMILES string of the molecule is C[C@@]1(CCc2ccccc2)NC(=O)N(CC(=O)OCc2cccc3ccccc23)C1=O. The molecule has 1 aliphatic rings. The van der Waals surface area contributed by atoms with E-state index in [1.807, 2.05) is 72.8 Å². The van der Waals surface area contributed by atoms with Crippen LogP contribution in [0.5, 0.6) is 0 Å². The van der Waals surface area contributed by atoms with Crippen molar-refractivity contribution in [2.45, 2.75) is 31.9 Å². The van der Waals surface area contributed by atoms with Gasteiger partial charge in [-0.3, -0.25) is 14.5 Å². The van der Waals surface area contributed by atoms with Crippen LogP contribution in [0.1, 0.15) is 24.5 Å². The maximum atomic E-state index is 12.9. The van der Waals surface area contributed by atoms with E-state index in [0.717, 1.165) is 26.8 Å². The molecule has 0 radical (unpaired) electrons. The summed E-state index contributed by atoms with van der Waals surface area (Å²) >= 11 is 0. The number of nitrogens with zero attached hydrogens (tertiary/aromatic N) is 1. The molecule has 0 aromatic heterocycles. The van der Waals surface area contributed by atoms with Gasteiger partial charge in [-0.2, -0.15) is 0 Å². The van der Waals surface area contributed by atoms with Crippen LogP contribution in [0.4, 0.5) is 4.79 Å². The number of urea groups is 1. The summed E-state index contributed by atoms with van der Waals surface area (Å²) in [5.74, 6) is -1.03. The zero-order chi connectivity index (χ0) is 21.8. The molecule has 1 N–H and O–H groups in total. The molecule has 3 aromatic carbocycles. The standard InChI is InChI=1S/C25H24N2O4/c1-25(15-14-18-8-3-2-4-9-18)23(29)27(24(30)26-25)16-22(28)31-17-20-12-7-11-19-10-5-6-13-21(19)20/h2-13H,14-17H2,1H3,(H,26,30)/t25-/m0/s1. The third-order valence-electron chi connectivity index (χ3n) is 5.66. The predicted molar refractivity (Wildman–Crippen MR) is 117 cm³/mol. The number of aryl methyl sites for hydroxylation is 1. The molecule has 1 heterocycles. The molecule has 3 amide bonds. The van der Waals surface area contributed by atoms with Crippen LogP contribution in [0.15, 0.2) is 72.8 Å². The lowest BCUT2D eigenvalue weighted by Crippen LogP contribution is -2.44. The largest absolute Gasteiger partial charge is 0.459 e. The molecule has 0 bridgehead atoms. The first kappa shape index (κ1) is 20.6. The van der Waals surface area contributed by atoms with E-state index in [9.17, 15) is 14.4 Å². The maximum Gasteiger partial charge on any atom is 0.326 e. The van der Waals surface area contributed by atoms with E-state index in [0.29, 0.717) is 12.8 Å². The Morgan fingerprint density at radius 1 is 0.968 bits per heavy atom. The minimum Gasteiger partial charge on any atom is -0.459 e. The number of fused-ring (bicyclic) bond motifs is 1. The second-order valence-electron chi connectivity index (χ2n) is 7.94. The number of hydrogen-bond donors (Lipinski definition) is 1. The van der Waals surface area contributed by atoms with Crippen molar-refractivity contribution in [1.82, 2.24) is 10.2 Å². The molecule has 3 aromatic rings. The van der Waals surface area contributed by atoms with Crippen LogP contribution in [-0.2, 0) is 27.4 Å². The summed E-state index contributed by atoms with van der Waals surface area (Å²) in [6, 6.07) is 22.8. The zero-order valence-electron chi connectivity index (χ0n) is 17.3. The number of benzene rings is 3. The highest BCUT2D eigenvalue weighted by molar-refractivity contribution is 6.08. The van der Waals surface area contributed by atoms with E-state index < -0.39 is 30.0 Å². The molecular formula is C25H24N2O4. The van der Waals surface area contributed by atoms with Crippen molar-refractivity contribution >= 4 is 28.7 Å². The summed E-state index contributed by atoms with van der Waals surface area (Å²) in [5, 5.41) is 4.79. The molecule has 4 rings (SSSR count). The highest BCUT2D eigenvalue weighted by atomic mass is 16.5. The lowest BCUT2D eigenvalue weighted by molar-refractivity contribution is -0.148. The van der Waals surface area contributed by atoms with Gasteiger partial charge in [-0.15, -0.1) is 0 Å². The molecule has 158 valence electrons. The van der Waals surface area contributed by atoms with Crippen molar-refractivity contribution in [3.63, 3.8) is 0 Å². The first-order chi connectivity index (χ1) is 15.0. The van der Waals surface area contributed by atoms with Gasteiger partial charge in [-0.1, -0.05) is 72.8 Å². The van der Waals surface area contributed by atoms with E-state index in [4.69, 9.17) is 4.74 Å². The topological polar surface area (TPSA) is 75.7 Å². The van der Waals surface area contributed by atoms with Crippen LogP contribution in [0, 0.1) is 0 Å². The minimum absolute atomic E-state index is 0.0785. The summed E-state index contributed by atoms with van der Waals surface area (Å²) in [6.45, 7) is 1.36. The quantitative estimate of drug-likeness (QED) is 0.469. The fourth-order valence-corrected chi connectivity index (χ4v) is 3.85. The fraction of sp³-hybridized carbons (Fsp3) is 0.240. The average molecular weight is 416 g/mol. The Hall–Kier alpha value is -3.67. The van der Waals surface area contributed by atoms with Gasteiger partial charge in [0.2, 0.25) is 0 Å². The van der Waals surface area contributed by atoms with Crippen LogP contribution in [0.2, 0.25) is 0 Å². The van der Waals surface area contributed by atoms with Crippen LogP contribution >= 0.6 is 0 Å². The van der Waals surface area contributed by atoms with Gasteiger partial charge < -0.3 is 10.1 Å². The Morgan fingerprint density at radius 2 is 1.68 bits per heavy atom. The number of carbonyl (C=O) groups excluding carboxylic acids is 3. The fourth-order valence-electron chi connectivity index (χ4n) is 3.85. The maximum absolute atomic E-state index is 12.9. The minimum atomic E-state index is -1.04. The van der Waals surface area contributed by atoms with Gasteiger partial charge in [0.25, 0.3) is 5.91 Å². The van der Waals surface area contributed by atoms with Crippen molar-refractivity contribution in [2.24, 2.45) is 0 Å². The van der Waals surface area contributed by atoms with Gasteiger partial charge in [0.1, 0.15) is 18.7 Å². The second kappa shape index (κ2) is 8.60. The van der Waals surface area contributed by atoms with Gasteiger partial charge in [-0.25, -0.2) is 4.79 Å². The van der Waals surface area contributed by atoms with Crippen molar-refractivity contribution in [2.75, 3.05) is 6.54 Å². The lowest BCUT2D eigenvalue weighted by atomic mass is 9.93. The Labute approximate surface area is 180 Å². The molecule has 1 atom stereocenters. The molecule has 0 unspecified atom stereocenters. The monoisotopic (exact) mass is 416 g/mol. The van der Waals surface area contributed by atoms with Crippen LogP contribution in [0.3, 0.4) is 0 Å². The summed E-state index contributed by atoms with van der Waals surface area (Å²) in [6.07, 6.45) is 1.09. The molecule has 1 saturated heterocycles. The first-order valence-corrected chi connectivity index (χ1v) is 10.3. The zero-order valence-corrected chi connectivity index (χ0v) is 17.3. The second-order valence-corrected chi connectivity index (χ2v) is 7.94. The number of hydrogen-bond acceptors (Lipinski definition) is 4. The van der Waals surface area contributed by atoms with Crippen molar-refractivity contribution in [3.8, 4) is 0 Å². The van der Waals surface area contributed by atoms with Gasteiger partial charge in [0, 0.05) is 0 Å². The Bertz CT molecular complexity index is 1120. The van der Waals surface area contributed by atoms with E-state index in [2.05, 4.69) is 5.32 Å². The number of carbonyl (C=O) groups is 3. The molecule has 31 heavy (non-hydrogen) atoms. The third kappa shape index (κ3) is 4.43. The highest BCUT2D eigenvalue weighted by Gasteiger charge is 2.48. The number of rotatable bonds is 7. The number of nitrogens with one attached hydrogen (secondary N) is 1. The van der Waals surface area contributed by atoms with Crippen molar-refractivity contribution in [1.29, 1.82) is 0 Å². The van der Waals surface area contributed by atoms with Gasteiger partial charge in [-0.05, 0) is 41.7 Å². The molecule has 1 fully saturated rings. The van der Waals surface area contributed by atoms with Crippen molar-refractivity contribution in [3.05, 3.63) is 83.9 Å². The molecule has 0 aliphatic carbocycles. The molecule has 6 nitrogen and oxygen atoms in total. The van der Waals surface area contributed by atoms with Gasteiger partial charge >= 0.3 is 12.0 Å². The van der Waals surface area contributed by atoms with Crippen LogP contribution < -0.4 is 5.32 Å². The molecule has 0 saturated carbocycles. The summed E-state index contributed by atoms with van der Waals surface area (Å²) in [4.78, 5) is 38.6. The highest BCUT2D eigenvalue weighted by Crippen LogP contribution is 2.24. The number of imide groups is 1. The lowest BCUT2D eigenvalue weighted by Gasteiger charge is -2.21. The molecule has 1 aliphatic heterocycles. The Kier molecular flexibility index (Phi) is 5.71. The smallest absolute Gasteiger partial charge is 0.326 e. The number of ether oxygens (including phenoxy) is 1. The average Bonchev–Trinajstić information content (AvgIpc) is 3.00. The van der Waals surface area contributed by atoms with Gasteiger partial charge in [0.05, 0.1) is 0 Å². The molecular weight excluding hydrogens is 392 g/mol. The van der Waals surface area contributed by atoms with Crippen molar-refractivity contribution < 1.29 is 19.1 Å². The Morgan fingerprint density at radius 3 is 2.48 bits per heavy atom. The van der Waals surface area contributed by atoms with E-state index in [1.165, 1.54) is 0 Å². The van der Waals surface area contributed by atoms with Gasteiger partial charge in [0.15, 0.2) is 0 Å². The van der Waals surface area contributed by atoms with E-state index >= 15 is 0 Å². The van der Waals surface area contributed by atoms with E-state index in [-0.39, 0.29) is 6.61 Å².